The predicted octanol–water partition coefficient (Wildman–Crippen LogP) is 2.83. The highest BCUT2D eigenvalue weighted by atomic mass is 16.6. The number of carbonyl (C=O) groups excluding carboxylic acids is 1. The fourth-order valence-electron chi connectivity index (χ4n) is 4.68. The molecule has 0 radical (unpaired) electrons. The minimum absolute atomic E-state index is 0.0610. The number of ether oxygens (including phenoxy) is 3. The lowest BCUT2D eigenvalue weighted by Gasteiger charge is -2.44. The first-order valence-electron chi connectivity index (χ1n) is 12.5. The van der Waals surface area contributed by atoms with Crippen LogP contribution in [0, 0.1) is 5.41 Å². The zero-order valence-electron chi connectivity index (χ0n) is 20.9. The summed E-state index contributed by atoms with van der Waals surface area (Å²) in [6, 6.07) is 15.6. The number of carbonyl (C=O) groups is 1. The smallest absolute Gasteiger partial charge is 0.260 e. The van der Waals surface area contributed by atoms with Crippen molar-refractivity contribution in [3.8, 4) is 11.5 Å². The number of nitrogens with zero attached hydrogens (tertiary/aromatic N) is 4. The minimum atomic E-state index is -0.826. The second-order valence-electron chi connectivity index (χ2n) is 10.0. The van der Waals surface area contributed by atoms with Crippen molar-refractivity contribution < 1.29 is 24.1 Å². The lowest BCUT2D eigenvalue weighted by molar-refractivity contribution is -0.218. The van der Waals surface area contributed by atoms with E-state index in [2.05, 4.69) is 29.1 Å². The molecule has 9 heteroatoms. The van der Waals surface area contributed by atoms with E-state index in [1.54, 1.807) is 12.2 Å². The van der Waals surface area contributed by atoms with Gasteiger partial charge in [-0.25, -0.2) is 0 Å². The van der Waals surface area contributed by atoms with E-state index in [-0.39, 0.29) is 18.2 Å². The molecule has 0 saturated carbocycles. The van der Waals surface area contributed by atoms with Gasteiger partial charge in [0, 0.05) is 31.7 Å². The fraction of sp³-hybridized carbons (Fsp3) is 0.481. The molecule has 1 N–H and O–H groups in total. The molecule has 0 amide bonds. The highest BCUT2D eigenvalue weighted by molar-refractivity contribution is 5.95. The van der Waals surface area contributed by atoms with Gasteiger partial charge in [-0.15, -0.1) is 5.10 Å². The molecular formula is C27H34N4O5. The molecule has 0 aromatic heterocycles. The first-order chi connectivity index (χ1) is 17.5. The third-order valence-electron chi connectivity index (χ3n) is 7.35. The lowest BCUT2D eigenvalue weighted by atomic mass is 9.81. The Balaban J connectivity index is 1.18. The van der Waals surface area contributed by atoms with Crippen LogP contribution in [0.3, 0.4) is 0 Å². The first kappa shape index (κ1) is 24.5. The van der Waals surface area contributed by atoms with Crippen LogP contribution >= 0.6 is 0 Å². The summed E-state index contributed by atoms with van der Waals surface area (Å²) in [6.45, 7) is 6.04. The van der Waals surface area contributed by atoms with Crippen molar-refractivity contribution in [2.75, 3.05) is 33.4 Å². The van der Waals surface area contributed by atoms with E-state index in [1.165, 1.54) is 5.56 Å². The fourth-order valence-corrected chi connectivity index (χ4v) is 4.68. The van der Waals surface area contributed by atoms with E-state index in [0.717, 1.165) is 68.8 Å². The monoisotopic (exact) mass is 494 g/mol. The Kier molecular flexibility index (Phi) is 7.13. The lowest BCUT2D eigenvalue weighted by Crippen LogP contribution is -2.60. The highest BCUT2D eigenvalue weighted by Gasteiger charge is 2.42. The number of methoxy groups -OCH3 is 1. The van der Waals surface area contributed by atoms with Crippen molar-refractivity contribution in [1.82, 2.24) is 15.0 Å². The second-order valence-corrected chi connectivity index (χ2v) is 10.0. The van der Waals surface area contributed by atoms with E-state index in [1.807, 2.05) is 41.4 Å². The van der Waals surface area contributed by atoms with Crippen LogP contribution < -0.4 is 9.47 Å². The average Bonchev–Trinajstić information content (AvgIpc) is 3.32. The number of aliphatic hydroxyl groups is 1. The summed E-state index contributed by atoms with van der Waals surface area (Å²) in [4.78, 5) is 14.2. The molecule has 2 fully saturated rings. The zero-order chi connectivity index (χ0) is 25.1. The number of aliphatic hydroxyl groups excluding tert-OH is 1. The summed E-state index contributed by atoms with van der Waals surface area (Å²) in [5.74, 6) is 1.91. The van der Waals surface area contributed by atoms with Gasteiger partial charge in [0.25, 0.3) is 6.23 Å². The Morgan fingerprint density at radius 3 is 2.36 bits per heavy atom. The topological polar surface area (TPSA) is 87.1 Å². The van der Waals surface area contributed by atoms with Crippen LogP contribution in [0.4, 0.5) is 0 Å². The first-order valence-corrected chi connectivity index (χ1v) is 12.5. The SMILES string of the molecule is COc1ccc(C2=NN(N3CCC3Oc3ccc(CN4CCC(C)(CO)CC4)cc3)C(C=O)O2)cc1. The van der Waals surface area contributed by atoms with E-state index in [0.29, 0.717) is 5.90 Å². The van der Waals surface area contributed by atoms with Crippen molar-refractivity contribution in [2.45, 2.75) is 45.2 Å². The molecule has 2 atom stereocenters. The van der Waals surface area contributed by atoms with Gasteiger partial charge >= 0.3 is 0 Å². The number of hydrazone groups is 1. The van der Waals surface area contributed by atoms with E-state index >= 15 is 0 Å². The average molecular weight is 495 g/mol. The molecule has 2 saturated heterocycles. The maximum atomic E-state index is 11.7. The predicted molar refractivity (Wildman–Crippen MR) is 134 cm³/mol. The Labute approximate surface area is 211 Å². The number of hydrogen-bond acceptors (Lipinski definition) is 9. The molecule has 3 aliphatic rings. The standard InChI is InChI=1S/C27H34N4O5/c1-27(19-33)12-15-29(16-13-27)17-20-3-7-23(8-4-20)35-24-11-14-30(24)31-25(18-32)36-26(28-31)21-5-9-22(34-2)10-6-21/h3-10,18,24-25,33H,11-17,19H2,1-2H3. The van der Waals surface area contributed by atoms with Crippen LogP contribution in [-0.2, 0) is 16.1 Å². The molecule has 2 unspecified atom stereocenters. The van der Waals surface area contributed by atoms with Gasteiger partial charge in [-0.2, -0.15) is 10.1 Å². The quantitative estimate of drug-likeness (QED) is 0.533. The molecule has 2 aromatic rings. The number of aldehydes is 1. The Hall–Kier alpha value is -3.14. The summed E-state index contributed by atoms with van der Waals surface area (Å²) in [5, 5.41) is 17.6. The van der Waals surface area contributed by atoms with Crippen LogP contribution in [0.2, 0.25) is 0 Å². The van der Waals surface area contributed by atoms with Crippen molar-refractivity contribution in [3.05, 3.63) is 59.7 Å². The van der Waals surface area contributed by atoms with E-state index in [4.69, 9.17) is 14.2 Å². The van der Waals surface area contributed by atoms with Gasteiger partial charge in [-0.3, -0.25) is 9.69 Å². The normalized spacial score (nSPS) is 24.0. The number of likely N-dealkylation sites (tertiary alicyclic amines) is 1. The van der Waals surface area contributed by atoms with Crippen LogP contribution in [0.25, 0.3) is 0 Å². The number of rotatable bonds is 9. The van der Waals surface area contributed by atoms with Crippen LogP contribution in [0.15, 0.2) is 53.6 Å². The number of benzene rings is 2. The molecule has 3 aliphatic heterocycles. The second kappa shape index (κ2) is 10.5. The van der Waals surface area contributed by atoms with Crippen LogP contribution in [0.1, 0.15) is 37.3 Å². The third-order valence-corrected chi connectivity index (χ3v) is 7.35. The van der Waals surface area contributed by atoms with Crippen LogP contribution in [-0.4, -0.2) is 78.1 Å². The largest absolute Gasteiger partial charge is 0.497 e. The van der Waals surface area contributed by atoms with Gasteiger partial charge in [-0.1, -0.05) is 19.1 Å². The van der Waals surface area contributed by atoms with Crippen molar-refractivity contribution in [3.63, 3.8) is 0 Å². The molecular weight excluding hydrogens is 460 g/mol. The zero-order valence-corrected chi connectivity index (χ0v) is 20.9. The van der Waals surface area contributed by atoms with Gasteiger partial charge in [-0.05, 0) is 73.3 Å². The minimum Gasteiger partial charge on any atom is -0.497 e. The Bertz CT molecular complexity index is 1070. The molecule has 3 heterocycles. The maximum Gasteiger partial charge on any atom is 0.260 e. The molecule has 2 aromatic carbocycles. The summed E-state index contributed by atoms with van der Waals surface area (Å²) in [7, 11) is 1.61. The Morgan fingerprint density at radius 1 is 1.08 bits per heavy atom. The molecule has 9 nitrogen and oxygen atoms in total. The number of hydrazine groups is 1. The van der Waals surface area contributed by atoms with Gasteiger partial charge in [0.05, 0.1) is 7.11 Å². The molecule has 0 bridgehead atoms. The number of hydrogen-bond donors (Lipinski definition) is 1. The van der Waals surface area contributed by atoms with E-state index in [9.17, 15) is 9.90 Å². The Morgan fingerprint density at radius 2 is 1.78 bits per heavy atom. The summed E-state index contributed by atoms with van der Waals surface area (Å²) >= 11 is 0. The van der Waals surface area contributed by atoms with Gasteiger partial charge in [0.15, 0.2) is 12.5 Å². The van der Waals surface area contributed by atoms with Crippen molar-refractivity contribution >= 4 is 12.2 Å². The molecule has 36 heavy (non-hydrogen) atoms. The van der Waals surface area contributed by atoms with Crippen molar-refractivity contribution in [1.29, 1.82) is 0 Å². The van der Waals surface area contributed by atoms with Gasteiger partial charge in [0.2, 0.25) is 5.90 Å². The van der Waals surface area contributed by atoms with E-state index < -0.39 is 6.23 Å². The highest BCUT2D eigenvalue weighted by Crippen LogP contribution is 2.32. The van der Waals surface area contributed by atoms with Gasteiger partial charge in [0.1, 0.15) is 11.5 Å². The van der Waals surface area contributed by atoms with Crippen molar-refractivity contribution in [2.24, 2.45) is 10.5 Å². The molecule has 0 spiro atoms. The molecule has 192 valence electrons. The maximum absolute atomic E-state index is 11.7. The number of piperidine rings is 1. The summed E-state index contributed by atoms with van der Waals surface area (Å²) < 4.78 is 17.2. The third kappa shape index (κ3) is 5.18. The summed E-state index contributed by atoms with van der Waals surface area (Å²) in [6.07, 6.45) is 2.56. The molecule has 0 aliphatic carbocycles. The van der Waals surface area contributed by atoms with Crippen LogP contribution in [0.5, 0.6) is 11.5 Å². The summed E-state index contributed by atoms with van der Waals surface area (Å²) in [5.41, 5.74) is 2.07. The van der Waals surface area contributed by atoms with Gasteiger partial charge < -0.3 is 19.3 Å². The molecule has 5 rings (SSSR count).